The molecule has 1 aromatic heterocycles. The number of aliphatic hydroxyl groups is 1. The number of likely N-dealkylation sites (tertiary alicyclic amines) is 1. The van der Waals surface area contributed by atoms with Gasteiger partial charge in [0.2, 0.25) is 5.91 Å². The van der Waals surface area contributed by atoms with E-state index in [4.69, 9.17) is 9.90 Å². The SMILES string of the molecule is Cc1nnc(CNC(=O)[C@@H]2CN(C)CC[C@@H]2O)s1.O=CO. The van der Waals surface area contributed by atoms with Gasteiger partial charge in [-0.15, -0.1) is 10.2 Å². The summed E-state index contributed by atoms with van der Waals surface area (Å²) in [7, 11) is 1.96. The first-order valence-corrected chi connectivity index (χ1v) is 7.30. The van der Waals surface area contributed by atoms with Crippen LogP contribution < -0.4 is 5.32 Å². The van der Waals surface area contributed by atoms with Crippen molar-refractivity contribution in [3.05, 3.63) is 10.0 Å². The third kappa shape index (κ3) is 5.74. The number of carbonyl (C=O) groups excluding carboxylic acids is 1. The largest absolute Gasteiger partial charge is 0.483 e. The lowest BCUT2D eigenvalue weighted by Crippen LogP contribution is -2.48. The van der Waals surface area contributed by atoms with Gasteiger partial charge in [0.15, 0.2) is 0 Å². The lowest BCUT2D eigenvalue weighted by molar-refractivity contribution is -0.131. The van der Waals surface area contributed by atoms with Crippen LogP contribution in [0.1, 0.15) is 16.4 Å². The van der Waals surface area contributed by atoms with Crippen LogP contribution in [0.2, 0.25) is 0 Å². The van der Waals surface area contributed by atoms with Crippen molar-refractivity contribution in [2.24, 2.45) is 5.92 Å². The van der Waals surface area contributed by atoms with E-state index in [1.165, 1.54) is 11.3 Å². The molecule has 0 radical (unpaired) electrons. The Morgan fingerprint density at radius 2 is 2.24 bits per heavy atom. The predicted molar refractivity (Wildman–Crippen MR) is 76.8 cm³/mol. The second kappa shape index (κ2) is 8.65. The number of amides is 1. The van der Waals surface area contributed by atoms with Gasteiger partial charge in [-0.3, -0.25) is 9.59 Å². The smallest absolute Gasteiger partial charge is 0.290 e. The number of nitrogens with zero attached hydrogens (tertiary/aromatic N) is 3. The van der Waals surface area contributed by atoms with E-state index < -0.39 is 6.10 Å². The van der Waals surface area contributed by atoms with Crippen molar-refractivity contribution in [3.63, 3.8) is 0 Å². The molecule has 1 amide bonds. The van der Waals surface area contributed by atoms with Crippen molar-refractivity contribution in [2.75, 3.05) is 20.1 Å². The molecule has 9 heteroatoms. The van der Waals surface area contributed by atoms with Crippen LogP contribution in [0.5, 0.6) is 0 Å². The van der Waals surface area contributed by atoms with Gasteiger partial charge in [-0.2, -0.15) is 0 Å². The topological polar surface area (TPSA) is 116 Å². The maximum Gasteiger partial charge on any atom is 0.290 e. The second-order valence-corrected chi connectivity index (χ2v) is 6.03. The molecule has 0 bridgehead atoms. The van der Waals surface area contributed by atoms with Gasteiger partial charge in [-0.25, -0.2) is 0 Å². The molecule has 1 fully saturated rings. The Bertz CT molecular complexity index is 468. The molecule has 21 heavy (non-hydrogen) atoms. The summed E-state index contributed by atoms with van der Waals surface area (Å²) >= 11 is 1.47. The Morgan fingerprint density at radius 1 is 1.57 bits per heavy atom. The summed E-state index contributed by atoms with van der Waals surface area (Å²) in [6.07, 6.45) is 0.101. The molecule has 0 aromatic carbocycles. The molecule has 3 N–H and O–H groups in total. The van der Waals surface area contributed by atoms with E-state index in [2.05, 4.69) is 20.4 Å². The number of hydrogen-bond acceptors (Lipinski definition) is 7. The quantitative estimate of drug-likeness (QED) is 0.642. The molecule has 2 heterocycles. The number of aliphatic hydroxyl groups excluding tert-OH is 1. The van der Waals surface area contributed by atoms with Crippen molar-refractivity contribution in [1.29, 1.82) is 0 Å². The summed E-state index contributed by atoms with van der Waals surface area (Å²) in [5.74, 6) is -0.459. The fourth-order valence-corrected chi connectivity index (χ4v) is 2.71. The van der Waals surface area contributed by atoms with Crippen LogP contribution in [0, 0.1) is 12.8 Å². The number of carboxylic acid groups (broad SMARTS) is 1. The lowest BCUT2D eigenvalue weighted by Gasteiger charge is -2.32. The molecule has 2 atom stereocenters. The summed E-state index contributed by atoms with van der Waals surface area (Å²) in [6, 6.07) is 0. The minimum atomic E-state index is -0.544. The molecule has 0 spiro atoms. The normalized spacial score (nSPS) is 22.0. The Hall–Kier alpha value is -1.58. The first kappa shape index (κ1) is 17.5. The molecule has 1 aliphatic rings. The Morgan fingerprint density at radius 3 is 2.81 bits per heavy atom. The van der Waals surface area contributed by atoms with E-state index in [1.807, 2.05) is 14.0 Å². The van der Waals surface area contributed by atoms with Crippen LogP contribution in [-0.4, -0.2) is 63.9 Å². The molecule has 1 aromatic rings. The van der Waals surface area contributed by atoms with Crippen molar-refractivity contribution in [2.45, 2.75) is 26.0 Å². The molecule has 8 nitrogen and oxygen atoms in total. The molecule has 1 saturated heterocycles. The number of aromatic nitrogens is 2. The van der Waals surface area contributed by atoms with Crippen LogP contribution in [0.3, 0.4) is 0 Å². The van der Waals surface area contributed by atoms with Crippen molar-refractivity contribution in [3.8, 4) is 0 Å². The zero-order valence-corrected chi connectivity index (χ0v) is 12.8. The van der Waals surface area contributed by atoms with Crippen LogP contribution >= 0.6 is 11.3 Å². The third-order valence-electron chi connectivity index (χ3n) is 3.10. The average molecular weight is 316 g/mol. The standard InChI is InChI=1S/C11H18N4O2S.CH2O2/c1-7-13-14-10(18-7)5-12-11(17)8-6-15(2)4-3-9(8)16;2-1-3/h8-9,16H,3-6H2,1-2H3,(H,12,17);1H,(H,2,3)/t8-,9+;/m1./s1. The first-order valence-electron chi connectivity index (χ1n) is 6.49. The number of piperidine rings is 1. The van der Waals surface area contributed by atoms with Gasteiger partial charge in [0, 0.05) is 13.1 Å². The van der Waals surface area contributed by atoms with E-state index in [9.17, 15) is 9.90 Å². The van der Waals surface area contributed by atoms with Crippen molar-refractivity contribution in [1.82, 2.24) is 20.4 Å². The van der Waals surface area contributed by atoms with E-state index in [1.54, 1.807) is 0 Å². The van der Waals surface area contributed by atoms with E-state index >= 15 is 0 Å². The van der Waals surface area contributed by atoms with Crippen LogP contribution in [0.15, 0.2) is 0 Å². The van der Waals surface area contributed by atoms with Crippen LogP contribution in [0.4, 0.5) is 0 Å². The van der Waals surface area contributed by atoms with Crippen molar-refractivity contribution >= 4 is 23.7 Å². The zero-order chi connectivity index (χ0) is 15.8. The average Bonchev–Trinajstić information content (AvgIpc) is 2.85. The fourth-order valence-electron chi connectivity index (χ4n) is 2.06. The molecule has 1 aliphatic heterocycles. The predicted octanol–water partition coefficient (Wildman–Crippen LogP) is -0.524. The first-order chi connectivity index (χ1) is 9.97. The maximum atomic E-state index is 12.0. The van der Waals surface area contributed by atoms with Gasteiger partial charge in [0.1, 0.15) is 10.0 Å². The van der Waals surface area contributed by atoms with Gasteiger partial charge in [0.05, 0.1) is 18.6 Å². The van der Waals surface area contributed by atoms with Gasteiger partial charge in [-0.1, -0.05) is 11.3 Å². The summed E-state index contributed by atoms with van der Waals surface area (Å²) < 4.78 is 0. The Labute approximate surface area is 126 Å². The van der Waals surface area contributed by atoms with E-state index in [0.717, 1.165) is 16.6 Å². The maximum absolute atomic E-state index is 12.0. The van der Waals surface area contributed by atoms with E-state index in [0.29, 0.717) is 19.5 Å². The highest BCUT2D eigenvalue weighted by molar-refractivity contribution is 7.11. The minimum Gasteiger partial charge on any atom is -0.483 e. The summed E-state index contributed by atoms with van der Waals surface area (Å²) in [6.45, 7) is 3.45. The highest BCUT2D eigenvalue weighted by Gasteiger charge is 2.31. The summed E-state index contributed by atoms with van der Waals surface area (Å²) in [4.78, 5) is 22.4. The van der Waals surface area contributed by atoms with Gasteiger partial charge >= 0.3 is 0 Å². The number of hydrogen-bond donors (Lipinski definition) is 3. The number of carbonyl (C=O) groups is 2. The molecule has 2 rings (SSSR count). The third-order valence-corrected chi connectivity index (χ3v) is 3.94. The van der Waals surface area contributed by atoms with Crippen LogP contribution in [0.25, 0.3) is 0 Å². The van der Waals surface area contributed by atoms with Gasteiger partial charge < -0.3 is 20.4 Å². The molecule has 118 valence electrons. The molecular weight excluding hydrogens is 296 g/mol. The monoisotopic (exact) mass is 316 g/mol. The van der Waals surface area contributed by atoms with Crippen molar-refractivity contribution < 1.29 is 19.8 Å². The molecule has 0 aliphatic carbocycles. The lowest BCUT2D eigenvalue weighted by atomic mass is 9.94. The zero-order valence-electron chi connectivity index (χ0n) is 12.0. The van der Waals surface area contributed by atoms with Gasteiger partial charge in [-0.05, 0) is 20.4 Å². The number of rotatable bonds is 3. The number of nitrogens with one attached hydrogen (secondary N) is 1. The summed E-state index contributed by atoms with van der Waals surface area (Å²) in [5, 5.41) is 29.1. The molecule has 0 unspecified atom stereocenters. The highest BCUT2D eigenvalue weighted by Crippen LogP contribution is 2.16. The second-order valence-electron chi connectivity index (χ2n) is 4.76. The highest BCUT2D eigenvalue weighted by atomic mass is 32.1. The minimum absolute atomic E-state index is 0.109. The Balaban J connectivity index is 0.000000677. The van der Waals surface area contributed by atoms with Crippen LogP contribution in [-0.2, 0) is 16.1 Å². The van der Waals surface area contributed by atoms with Gasteiger partial charge in [0.25, 0.3) is 6.47 Å². The molecular formula is C12H20N4O4S. The van der Waals surface area contributed by atoms with E-state index in [-0.39, 0.29) is 18.3 Å². The molecule has 0 saturated carbocycles. The number of aryl methyl sites for hydroxylation is 1. The summed E-state index contributed by atoms with van der Waals surface area (Å²) in [5.41, 5.74) is 0. The Kier molecular flexibility index (Phi) is 7.20. The fraction of sp³-hybridized carbons (Fsp3) is 0.667.